The molecule has 1 fully saturated rings. The van der Waals surface area contributed by atoms with Crippen LogP contribution in [0.3, 0.4) is 0 Å². The first-order chi connectivity index (χ1) is 15.3. The first kappa shape index (κ1) is 22.1. The van der Waals surface area contributed by atoms with Crippen molar-refractivity contribution in [2.75, 3.05) is 29.0 Å². The van der Waals surface area contributed by atoms with Gasteiger partial charge >= 0.3 is 0 Å². The molecule has 0 saturated carbocycles. The molecule has 12 heteroatoms. The Morgan fingerprint density at radius 3 is 2.69 bits per heavy atom. The average molecular weight is 464 g/mol. The monoisotopic (exact) mass is 463 g/mol. The predicted octanol–water partition coefficient (Wildman–Crippen LogP) is 1.94. The molecule has 6 N–H and O–H groups in total. The summed E-state index contributed by atoms with van der Waals surface area (Å²) >= 11 is 0.828. The highest BCUT2D eigenvalue weighted by Crippen LogP contribution is 2.34. The third-order valence-electron chi connectivity index (χ3n) is 5.42. The van der Waals surface area contributed by atoms with Gasteiger partial charge in [-0.05, 0) is 25.0 Å². The number of amides is 1. The lowest BCUT2D eigenvalue weighted by Gasteiger charge is -2.24. The number of nitrogens with one attached hydrogen (secondary N) is 1. The van der Waals surface area contributed by atoms with Gasteiger partial charge in [-0.3, -0.25) is 9.48 Å². The molecule has 0 spiro atoms. The van der Waals surface area contributed by atoms with E-state index in [1.54, 1.807) is 11.7 Å². The summed E-state index contributed by atoms with van der Waals surface area (Å²) in [6.07, 6.45) is 1.96. The molecular weight excluding hydrogens is 440 g/mol. The number of halogens is 2. The number of aliphatic hydroxyl groups excluding tert-OH is 1. The second-order valence-corrected chi connectivity index (χ2v) is 8.61. The van der Waals surface area contributed by atoms with Crippen molar-refractivity contribution >= 4 is 33.8 Å². The van der Waals surface area contributed by atoms with E-state index in [1.165, 1.54) is 12.3 Å². The second kappa shape index (κ2) is 8.81. The molecule has 1 aliphatic heterocycles. The minimum atomic E-state index is -0.790. The fraction of sp³-hybridized carbons (Fsp3) is 0.350. The van der Waals surface area contributed by atoms with Crippen LogP contribution in [0.4, 0.5) is 25.3 Å². The molecule has 1 aromatic carbocycles. The number of carbonyl (C=O) groups is 1. The molecule has 3 aromatic rings. The van der Waals surface area contributed by atoms with Crippen LogP contribution in [0, 0.1) is 11.6 Å². The van der Waals surface area contributed by atoms with Crippen LogP contribution in [0.2, 0.25) is 0 Å². The Labute approximate surface area is 186 Å². The van der Waals surface area contributed by atoms with E-state index in [4.69, 9.17) is 11.5 Å². The number of aromatic nitrogens is 3. The van der Waals surface area contributed by atoms with Crippen LogP contribution in [0.15, 0.2) is 24.4 Å². The Morgan fingerprint density at radius 1 is 1.28 bits per heavy atom. The van der Waals surface area contributed by atoms with Crippen LogP contribution in [0.5, 0.6) is 0 Å². The minimum Gasteiger partial charge on any atom is -0.391 e. The van der Waals surface area contributed by atoms with Gasteiger partial charge in [-0.1, -0.05) is 17.4 Å². The number of anilines is 3. The fourth-order valence-electron chi connectivity index (χ4n) is 3.70. The number of benzene rings is 1. The smallest absolute Gasteiger partial charge is 0.277 e. The zero-order chi connectivity index (χ0) is 23.0. The summed E-state index contributed by atoms with van der Waals surface area (Å²) in [5.41, 5.74) is 11.9. The van der Waals surface area contributed by atoms with E-state index in [0.29, 0.717) is 37.4 Å². The number of hydrogen-bond acceptors (Lipinski definition) is 8. The van der Waals surface area contributed by atoms with Crippen molar-refractivity contribution in [1.29, 1.82) is 0 Å². The molecule has 3 heterocycles. The van der Waals surface area contributed by atoms with Gasteiger partial charge in [0.25, 0.3) is 5.91 Å². The first-order valence-corrected chi connectivity index (χ1v) is 10.8. The van der Waals surface area contributed by atoms with Gasteiger partial charge in [0.2, 0.25) is 0 Å². The predicted molar refractivity (Wildman–Crippen MR) is 118 cm³/mol. The third kappa shape index (κ3) is 4.16. The van der Waals surface area contributed by atoms with E-state index < -0.39 is 23.6 Å². The molecule has 4 rings (SSSR count). The molecule has 0 radical (unpaired) electrons. The number of nitrogens with two attached hydrogens (primary N) is 2. The maximum absolute atomic E-state index is 14.1. The number of aliphatic hydroxyl groups is 1. The van der Waals surface area contributed by atoms with Crippen molar-refractivity contribution in [2.24, 2.45) is 12.8 Å². The molecule has 1 aliphatic rings. The molecule has 170 valence electrons. The number of carbonyl (C=O) groups excluding carboxylic acids is 1. The maximum atomic E-state index is 14.1. The number of aryl methyl sites for hydroxylation is 1. The molecule has 32 heavy (non-hydrogen) atoms. The van der Waals surface area contributed by atoms with Crippen molar-refractivity contribution in [3.63, 3.8) is 0 Å². The second-order valence-electron chi connectivity index (χ2n) is 7.58. The zero-order valence-corrected chi connectivity index (χ0v) is 18.1. The first-order valence-electron chi connectivity index (χ1n) is 9.99. The van der Waals surface area contributed by atoms with Gasteiger partial charge in [-0.25, -0.2) is 13.8 Å². The standard InChI is InChI=1S/C20H23F2N7O2S/c1-28-20(29-7-5-12(23)14(30)6-8-29)13(9-25-28)26-18(31)16-17(24)32-19(27-16)15-10(21)3-2-4-11(15)22/h2-4,9,12,14,30H,5-8,23-24H2,1H3,(H,26,31)/t12-,14+/m0/s1. The van der Waals surface area contributed by atoms with Crippen molar-refractivity contribution in [3.8, 4) is 10.6 Å². The molecule has 9 nitrogen and oxygen atoms in total. The Morgan fingerprint density at radius 2 is 1.97 bits per heavy atom. The van der Waals surface area contributed by atoms with E-state index in [1.807, 2.05) is 4.90 Å². The van der Waals surface area contributed by atoms with Crippen molar-refractivity contribution in [1.82, 2.24) is 14.8 Å². The van der Waals surface area contributed by atoms with Gasteiger partial charge in [0, 0.05) is 26.2 Å². The lowest BCUT2D eigenvalue weighted by atomic mass is 10.1. The average Bonchev–Trinajstić information content (AvgIpc) is 3.25. The van der Waals surface area contributed by atoms with Gasteiger partial charge in [0.05, 0.1) is 17.9 Å². The number of thiazole rings is 1. The highest BCUT2D eigenvalue weighted by molar-refractivity contribution is 7.19. The SMILES string of the molecule is Cn1ncc(NC(=O)c2nc(-c3c(F)cccc3F)sc2N)c1N1CC[C@@H](O)[C@@H](N)CC1. The van der Waals surface area contributed by atoms with E-state index >= 15 is 0 Å². The van der Waals surface area contributed by atoms with Crippen molar-refractivity contribution in [2.45, 2.75) is 25.0 Å². The summed E-state index contributed by atoms with van der Waals surface area (Å²) in [4.78, 5) is 19.0. The number of nitrogens with zero attached hydrogens (tertiary/aromatic N) is 4. The lowest BCUT2D eigenvalue weighted by molar-refractivity contribution is 0.102. The molecule has 0 unspecified atom stereocenters. The third-order valence-corrected chi connectivity index (χ3v) is 6.32. The van der Waals surface area contributed by atoms with Gasteiger partial charge in [0.15, 0.2) is 11.5 Å². The quantitative estimate of drug-likeness (QED) is 0.464. The normalized spacial score (nSPS) is 19.1. The van der Waals surface area contributed by atoms with Crippen molar-refractivity contribution in [3.05, 3.63) is 41.7 Å². The fourth-order valence-corrected chi connectivity index (χ4v) is 4.58. The Bertz CT molecular complexity index is 1120. The Balaban J connectivity index is 1.59. The van der Waals surface area contributed by atoms with Gasteiger partial charge < -0.3 is 26.8 Å². The molecule has 1 amide bonds. The molecule has 0 bridgehead atoms. The molecule has 0 aliphatic carbocycles. The van der Waals surface area contributed by atoms with Crippen molar-refractivity contribution < 1.29 is 18.7 Å². The minimum absolute atomic E-state index is 0.0230. The van der Waals surface area contributed by atoms with Gasteiger partial charge in [-0.2, -0.15) is 5.10 Å². The van der Waals surface area contributed by atoms with E-state index in [2.05, 4.69) is 15.4 Å². The number of hydrogen-bond donors (Lipinski definition) is 4. The summed E-state index contributed by atoms with van der Waals surface area (Å²) < 4.78 is 29.8. The summed E-state index contributed by atoms with van der Waals surface area (Å²) in [6, 6.07) is 3.15. The van der Waals surface area contributed by atoms with Crippen LogP contribution in [-0.4, -0.2) is 51.0 Å². The van der Waals surface area contributed by atoms with E-state index in [9.17, 15) is 18.7 Å². The molecule has 2 aromatic heterocycles. The lowest BCUT2D eigenvalue weighted by Crippen LogP contribution is -2.34. The van der Waals surface area contributed by atoms with E-state index in [-0.39, 0.29) is 27.3 Å². The Kier molecular flexibility index (Phi) is 6.09. The molecule has 2 atom stereocenters. The number of nitrogen functional groups attached to an aromatic ring is 1. The van der Waals surface area contributed by atoms with Gasteiger partial charge in [0.1, 0.15) is 27.3 Å². The van der Waals surface area contributed by atoms with Crippen LogP contribution in [0.25, 0.3) is 10.6 Å². The van der Waals surface area contributed by atoms with Gasteiger partial charge in [-0.15, -0.1) is 0 Å². The largest absolute Gasteiger partial charge is 0.391 e. The summed E-state index contributed by atoms with van der Waals surface area (Å²) in [5, 5.41) is 17.0. The number of rotatable bonds is 4. The summed E-state index contributed by atoms with van der Waals surface area (Å²) in [5.74, 6) is -1.56. The highest BCUT2D eigenvalue weighted by atomic mass is 32.1. The van der Waals surface area contributed by atoms with Crippen LogP contribution in [0.1, 0.15) is 23.3 Å². The van der Waals surface area contributed by atoms with Crippen LogP contribution >= 0.6 is 11.3 Å². The van der Waals surface area contributed by atoms with Crippen LogP contribution in [-0.2, 0) is 7.05 Å². The maximum Gasteiger partial charge on any atom is 0.277 e. The molecule has 1 saturated heterocycles. The topological polar surface area (TPSA) is 135 Å². The molecular formula is C20H23F2N7O2S. The zero-order valence-electron chi connectivity index (χ0n) is 17.3. The van der Waals surface area contributed by atoms with Crippen LogP contribution < -0.4 is 21.7 Å². The summed E-state index contributed by atoms with van der Waals surface area (Å²) in [6.45, 7) is 1.11. The summed E-state index contributed by atoms with van der Waals surface area (Å²) in [7, 11) is 1.74. The Hall–Kier alpha value is -3.09. The van der Waals surface area contributed by atoms with E-state index in [0.717, 1.165) is 23.5 Å². The highest BCUT2D eigenvalue weighted by Gasteiger charge is 2.27.